The van der Waals surface area contributed by atoms with Crippen LogP contribution in [-0.4, -0.2) is 5.11 Å². The Morgan fingerprint density at radius 1 is 1.42 bits per heavy atom. The van der Waals surface area contributed by atoms with Crippen molar-refractivity contribution in [2.75, 3.05) is 0 Å². The summed E-state index contributed by atoms with van der Waals surface area (Å²) in [6.07, 6.45) is 2.41. The molecule has 64 valence electrons. The Morgan fingerprint density at radius 3 is 2.75 bits per heavy atom. The SMILES string of the molecule is OCc1cc(C2CC2)ccc1F. The summed E-state index contributed by atoms with van der Waals surface area (Å²) in [5.41, 5.74) is 1.58. The van der Waals surface area contributed by atoms with Crippen LogP contribution in [0.2, 0.25) is 0 Å². The summed E-state index contributed by atoms with van der Waals surface area (Å²) in [7, 11) is 0. The van der Waals surface area contributed by atoms with Crippen LogP contribution in [0, 0.1) is 5.82 Å². The molecule has 1 aromatic carbocycles. The Bertz CT molecular complexity index is 292. The maximum atomic E-state index is 12.9. The van der Waals surface area contributed by atoms with Gasteiger partial charge in [0.25, 0.3) is 0 Å². The van der Waals surface area contributed by atoms with E-state index in [4.69, 9.17) is 5.11 Å². The normalized spacial score (nSPS) is 16.5. The third-order valence-electron chi connectivity index (χ3n) is 2.29. The molecule has 0 heterocycles. The maximum Gasteiger partial charge on any atom is 0.128 e. The van der Waals surface area contributed by atoms with Crippen LogP contribution in [0.1, 0.15) is 29.9 Å². The minimum atomic E-state index is -0.304. The molecule has 2 heteroatoms. The highest BCUT2D eigenvalue weighted by Gasteiger charge is 2.23. The molecule has 0 radical (unpaired) electrons. The molecule has 1 fully saturated rings. The molecule has 1 aliphatic carbocycles. The van der Waals surface area contributed by atoms with Gasteiger partial charge in [0.15, 0.2) is 0 Å². The predicted molar refractivity (Wildman–Crippen MR) is 44.3 cm³/mol. The van der Waals surface area contributed by atoms with Gasteiger partial charge < -0.3 is 5.11 Å². The Labute approximate surface area is 70.8 Å². The second kappa shape index (κ2) is 2.87. The predicted octanol–water partition coefficient (Wildman–Crippen LogP) is 2.20. The quantitative estimate of drug-likeness (QED) is 0.714. The Hall–Kier alpha value is -0.890. The summed E-state index contributed by atoms with van der Waals surface area (Å²) in [6, 6.07) is 5.03. The molecule has 1 N–H and O–H groups in total. The van der Waals surface area contributed by atoms with Gasteiger partial charge in [0.05, 0.1) is 6.61 Å². The lowest BCUT2D eigenvalue weighted by Gasteiger charge is -2.02. The van der Waals surface area contributed by atoms with Crippen molar-refractivity contribution in [3.8, 4) is 0 Å². The van der Waals surface area contributed by atoms with Gasteiger partial charge in [-0.2, -0.15) is 0 Å². The highest BCUT2D eigenvalue weighted by atomic mass is 19.1. The molecular weight excluding hydrogens is 155 g/mol. The van der Waals surface area contributed by atoms with E-state index in [0.29, 0.717) is 11.5 Å². The lowest BCUT2D eigenvalue weighted by molar-refractivity contribution is 0.275. The van der Waals surface area contributed by atoms with Crippen molar-refractivity contribution in [3.63, 3.8) is 0 Å². The van der Waals surface area contributed by atoms with E-state index in [-0.39, 0.29) is 12.4 Å². The second-order valence-corrected chi connectivity index (χ2v) is 3.28. The van der Waals surface area contributed by atoms with Crippen molar-refractivity contribution >= 4 is 0 Å². The van der Waals surface area contributed by atoms with E-state index in [1.807, 2.05) is 6.07 Å². The van der Waals surface area contributed by atoms with Crippen molar-refractivity contribution in [1.29, 1.82) is 0 Å². The molecule has 0 atom stereocenters. The van der Waals surface area contributed by atoms with Crippen molar-refractivity contribution in [2.24, 2.45) is 0 Å². The second-order valence-electron chi connectivity index (χ2n) is 3.28. The molecule has 1 aliphatic rings. The van der Waals surface area contributed by atoms with Gasteiger partial charge in [-0.3, -0.25) is 0 Å². The zero-order valence-corrected chi connectivity index (χ0v) is 6.76. The molecule has 0 saturated heterocycles. The van der Waals surface area contributed by atoms with Crippen LogP contribution in [-0.2, 0) is 6.61 Å². The molecule has 2 rings (SSSR count). The topological polar surface area (TPSA) is 20.2 Å². The fraction of sp³-hybridized carbons (Fsp3) is 0.400. The molecule has 0 amide bonds. The number of rotatable bonds is 2. The zero-order chi connectivity index (χ0) is 8.55. The van der Waals surface area contributed by atoms with Crippen LogP contribution in [0.4, 0.5) is 4.39 Å². The number of hydrogen-bond acceptors (Lipinski definition) is 1. The minimum absolute atomic E-state index is 0.202. The van der Waals surface area contributed by atoms with Gasteiger partial charge in [-0.15, -0.1) is 0 Å². The van der Waals surface area contributed by atoms with Gasteiger partial charge in [-0.1, -0.05) is 12.1 Å². The molecule has 0 aromatic heterocycles. The number of benzene rings is 1. The fourth-order valence-corrected chi connectivity index (χ4v) is 1.39. The molecule has 1 nitrogen and oxygen atoms in total. The summed E-state index contributed by atoms with van der Waals surface area (Å²) in [4.78, 5) is 0. The van der Waals surface area contributed by atoms with Crippen LogP contribution >= 0.6 is 0 Å². The summed E-state index contributed by atoms with van der Waals surface area (Å²) in [5.74, 6) is 0.317. The van der Waals surface area contributed by atoms with Gasteiger partial charge in [-0.05, 0) is 30.4 Å². The van der Waals surface area contributed by atoms with E-state index >= 15 is 0 Å². The van der Waals surface area contributed by atoms with Gasteiger partial charge >= 0.3 is 0 Å². The summed E-state index contributed by atoms with van der Waals surface area (Å²) in [5, 5.41) is 8.81. The summed E-state index contributed by atoms with van der Waals surface area (Å²) in [6.45, 7) is -0.202. The smallest absolute Gasteiger partial charge is 0.128 e. The Morgan fingerprint density at radius 2 is 2.17 bits per heavy atom. The number of aliphatic hydroxyl groups excluding tert-OH is 1. The standard InChI is InChI=1S/C10H11FO/c11-10-4-3-8(7-1-2-7)5-9(10)6-12/h3-5,7,12H,1-2,6H2. The Kier molecular flexibility index (Phi) is 1.85. The number of halogens is 1. The molecular formula is C10H11FO. The first-order chi connectivity index (χ1) is 5.81. The minimum Gasteiger partial charge on any atom is -0.392 e. The van der Waals surface area contributed by atoms with E-state index in [9.17, 15) is 4.39 Å². The van der Waals surface area contributed by atoms with Crippen LogP contribution in [0.15, 0.2) is 18.2 Å². The van der Waals surface area contributed by atoms with E-state index in [1.165, 1.54) is 24.5 Å². The van der Waals surface area contributed by atoms with Crippen molar-refractivity contribution in [1.82, 2.24) is 0 Å². The zero-order valence-electron chi connectivity index (χ0n) is 6.76. The van der Waals surface area contributed by atoms with E-state index in [0.717, 1.165) is 0 Å². The first-order valence-corrected chi connectivity index (χ1v) is 4.20. The highest BCUT2D eigenvalue weighted by Crippen LogP contribution is 2.40. The summed E-state index contributed by atoms with van der Waals surface area (Å²) >= 11 is 0. The highest BCUT2D eigenvalue weighted by molar-refractivity contribution is 5.29. The Balaban J connectivity index is 2.33. The van der Waals surface area contributed by atoms with Crippen LogP contribution in [0.5, 0.6) is 0 Å². The molecule has 1 saturated carbocycles. The lowest BCUT2D eigenvalue weighted by Crippen LogP contribution is -1.91. The average molecular weight is 166 g/mol. The maximum absolute atomic E-state index is 12.9. The molecule has 0 spiro atoms. The third-order valence-corrected chi connectivity index (χ3v) is 2.29. The van der Waals surface area contributed by atoms with Gasteiger partial charge in [-0.25, -0.2) is 4.39 Å². The van der Waals surface area contributed by atoms with Crippen LogP contribution in [0.25, 0.3) is 0 Å². The monoisotopic (exact) mass is 166 g/mol. The van der Waals surface area contributed by atoms with Crippen molar-refractivity contribution in [2.45, 2.75) is 25.4 Å². The molecule has 0 bridgehead atoms. The van der Waals surface area contributed by atoms with Gasteiger partial charge in [0, 0.05) is 5.56 Å². The molecule has 12 heavy (non-hydrogen) atoms. The first-order valence-electron chi connectivity index (χ1n) is 4.20. The molecule has 0 aliphatic heterocycles. The van der Waals surface area contributed by atoms with E-state index < -0.39 is 0 Å². The van der Waals surface area contributed by atoms with Crippen LogP contribution in [0.3, 0.4) is 0 Å². The largest absolute Gasteiger partial charge is 0.392 e. The molecule has 1 aromatic rings. The third kappa shape index (κ3) is 1.34. The first kappa shape index (κ1) is 7.74. The molecule has 0 unspecified atom stereocenters. The summed E-state index contributed by atoms with van der Waals surface area (Å²) < 4.78 is 12.9. The fourth-order valence-electron chi connectivity index (χ4n) is 1.39. The number of hydrogen-bond donors (Lipinski definition) is 1. The lowest BCUT2D eigenvalue weighted by atomic mass is 10.1. The van der Waals surface area contributed by atoms with E-state index in [1.54, 1.807) is 6.07 Å². The average Bonchev–Trinajstić information content (AvgIpc) is 2.88. The van der Waals surface area contributed by atoms with Gasteiger partial charge in [0.1, 0.15) is 5.82 Å². The van der Waals surface area contributed by atoms with Crippen molar-refractivity contribution < 1.29 is 9.50 Å². The van der Waals surface area contributed by atoms with E-state index in [2.05, 4.69) is 0 Å². The van der Waals surface area contributed by atoms with Crippen LogP contribution < -0.4 is 0 Å². The van der Waals surface area contributed by atoms with Gasteiger partial charge in [0.2, 0.25) is 0 Å². The van der Waals surface area contributed by atoms with Crippen molar-refractivity contribution in [3.05, 3.63) is 35.1 Å². The number of aliphatic hydroxyl groups is 1.